The lowest BCUT2D eigenvalue weighted by atomic mass is 9.99. The van der Waals surface area contributed by atoms with Crippen molar-refractivity contribution in [3.05, 3.63) is 0 Å². The molecule has 3 heteroatoms. The number of carbonyl (C=O) groups is 1. The lowest BCUT2D eigenvalue weighted by Gasteiger charge is -2.23. The highest BCUT2D eigenvalue weighted by Crippen LogP contribution is 2.34. The molecule has 1 aliphatic carbocycles. The van der Waals surface area contributed by atoms with E-state index in [-0.39, 0.29) is 11.7 Å². The van der Waals surface area contributed by atoms with Crippen molar-refractivity contribution < 1.29 is 4.79 Å². The molecule has 3 nitrogen and oxygen atoms in total. The zero-order valence-electron chi connectivity index (χ0n) is 12.2. The van der Waals surface area contributed by atoms with E-state index in [9.17, 15) is 4.79 Å². The maximum absolute atomic E-state index is 12.5. The van der Waals surface area contributed by atoms with Crippen molar-refractivity contribution in [2.45, 2.75) is 77.4 Å². The first-order valence-electron chi connectivity index (χ1n) is 7.69. The van der Waals surface area contributed by atoms with Gasteiger partial charge in [-0.2, -0.15) is 0 Å². The lowest BCUT2D eigenvalue weighted by molar-refractivity contribution is -0.133. The van der Waals surface area contributed by atoms with Gasteiger partial charge in [0.1, 0.15) is 0 Å². The van der Waals surface area contributed by atoms with Gasteiger partial charge in [0.2, 0.25) is 5.91 Å². The fraction of sp³-hybridized carbons (Fsp3) is 0.933. The molecule has 18 heavy (non-hydrogen) atoms. The highest BCUT2D eigenvalue weighted by molar-refractivity contribution is 5.88. The van der Waals surface area contributed by atoms with Gasteiger partial charge in [0.05, 0.1) is 11.7 Å². The Bertz CT molecular complexity index is 301. The Balaban J connectivity index is 1.92. The van der Waals surface area contributed by atoms with Gasteiger partial charge >= 0.3 is 0 Å². The summed E-state index contributed by atoms with van der Waals surface area (Å²) in [6.45, 7) is 7.29. The quantitative estimate of drug-likeness (QED) is 0.755. The van der Waals surface area contributed by atoms with Crippen molar-refractivity contribution in [1.29, 1.82) is 0 Å². The van der Waals surface area contributed by atoms with Crippen LogP contribution in [0.15, 0.2) is 0 Å². The Morgan fingerprint density at radius 2 is 2.06 bits per heavy atom. The zero-order chi connectivity index (χ0) is 13.2. The molecule has 1 amide bonds. The third-order valence-electron chi connectivity index (χ3n) is 4.57. The minimum atomic E-state index is -0.320. The average molecular weight is 252 g/mol. The monoisotopic (exact) mass is 252 g/mol. The Morgan fingerprint density at radius 1 is 1.33 bits per heavy atom. The van der Waals surface area contributed by atoms with Gasteiger partial charge < -0.3 is 4.90 Å². The molecule has 2 aliphatic rings. The van der Waals surface area contributed by atoms with Gasteiger partial charge in [0, 0.05) is 6.54 Å². The van der Waals surface area contributed by atoms with Crippen LogP contribution in [0.5, 0.6) is 0 Å². The molecule has 2 rings (SSSR count). The van der Waals surface area contributed by atoms with Crippen LogP contribution >= 0.6 is 0 Å². The second-order valence-corrected chi connectivity index (χ2v) is 6.22. The summed E-state index contributed by atoms with van der Waals surface area (Å²) in [7, 11) is 0. The molecule has 2 unspecified atom stereocenters. The molecule has 2 fully saturated rings. The summed E-state index contributed by atoms with van der Waals surface area (Å²) < 4.78 is 0. The first kappa shape index (κ1) is 13.9. The number of rotatable bonds is 7. The Hall–Kier alpha value is -0.570. The van der Waals surface area contributed by atoms with Crippen molar-refractivity contribution in [3.63, 3.8) is 0 Å². The lowest BCUT2D eigenvalue weighted by Crippen LogP contribution is -2.43. The van der Waals surface area contributed by atoms with Crippen molar-refractivity contribution >= 4 is 5.91 Å². The van der Waals surface area contributed by atoms with Crippen LogP contribution in [-0.4, -0.2) is 29.1 Å². The number of hydrogen-bond acceptors (Lipinski definition) is 2. The maximum Gasteiger partial charge on any atom is 0.243 e. The van der Waals surface area contributed by atoms with Crippen LogP contribution in [-0.2, 0) is 4.79 Å². The molecule has 0 aromatic heterocycles. The molecule has 1 aliphatic heterocycles. The standard InChI is InChI=1S/C15H28N2O/c1-4-7-13-16-15(3,5-2)14(18)17(13)11-6-8-12-9-10-12/h12-13,16H,4-11H2,1-3H3. The SMILES string of the molecule is CCCC1NC(C)(CC)C(=O)N1CCCC1CC1. The van der Waals surface area contributed by atoms with E-state index >= 15 is 0 Å². The molecule has 1 saturated heterocycles. The minimum Gasteiger partial charge on any atom is -0.326 e. The fourth-order valence-electron chi connectivity index (χ4n) is 2.93. The van der Waals surface area contributed by atoms with Crippen LogP contribution in [0.4, 0.5) is 0 Å². The summed E-state index contributed by atoms with van der Waals surface area (Å²) >= 11 is 0. The number of carbonyl (C=O) groups excluding carboxylic acids is 1. The predicted molar refractivity (Wildman–Crippen MR) is 74.2 cm³/mol. The molecule has 0 bridgehead atoms. The third kappa shape index (κ3) is 2.87. The van der Waals surface area contributed by atoms with Gasteiger partial charge in [-0.15, -0.1) is 0 Å². The Kier molecular flexibility index (Phi) is 4.31. The van der Waals surface area contributed by atoms with Gasteiger partial charge in [-0.3, -0.25) is 10.1 Å². The van der Waals surface area contributed by atoms with Gasteiger partial charge in [-0.1, -0.05) is 33.1 Å². The smallest absolute Gasteiger partial charge is 0.243 e. The molecule has 0 radical (unpaired) electrons. The largest absolute Gasteiger partial charge is 0.326 e. The van der Waals surface area contributed by atoms with Gasteiger partial charge in [-0.05, 0) is 38.5 Å². The van der Waals surface area contributed by atoms with E-state index in [0.717, 1.165) is 31.7 Å². The van der Waals surface area contributed by atoms with Crippen LogP contribution < -0.4 is 5.32 Å². The number of nitrogens with one attached hydrogen (secondary N) is 1. The summed E-state index contributed by atoms with van der Waals surface area (Å²) in [6.07, 6.45) is 8.67. The minimum absolute atomic E-state index is 0.270. The molecule has 0 aromatic carbocycles. The molecule has 1 N–H and O–H groups in total. The van der Waals surface area contributed by atoms with Crippen LogP contribution in [0.1, 0.15) is 65.7 Å². The second kappa shape index (κ2) is 5.60. The van der Waals surface area contributed by atoms with Crippen LogP contribution in [0, 0.1) is 5.92 Å². The summed E-state index contributed by atoms with van der Waals surface area (Å²) in [5.74, 6) is 1.29. The number of amides is 1. The normalized spacial score (nSPS) is 32.3. The van der Waals surface area contributed by atoms with E-state index in [4.69, 9.17) is 0 Å². The number of hydrogen-bond donors (Lipinski definition) is 1. The van der Waals surface area contributed by atoms with Crippen molar-refractivity contribution in [1.82, 2.24) is 10.2 Å². The van der Waals surface area contributed by atoms with Gasteiger partial charge in [0.25, 0.3) is 0 Å². The topological polar surface area (TPSA) is 32.3 Å². The molecule has 2 atom stereocenters. The first-order chi connectivity index (χ1) is 8.60. The van der Waals surface area contributed by atoms with Crippen molar-refractivity contribution in [2.75, 3.05) is 6.54 Å². The summed E-state index contributed by atoms with van der Waals surface area (Å²) in [5.41, 5.74) is -0.320. The molecule has 0 aromatic rings. The number of nitrogens with zero attached hydrogens (tertiary/aromatic N) is 1. The highest BCUT2D eigenvalue weighted by Gasteiger charge is 2.45. The van der Waals surface area contributed by atoms with E-state index in [1.54, 1.807) is 0 Å². The maximum atomic E-state index is 12.5. The zero-order valence-corrected chi connectivity index (χ0v) is 12.2. The first-order valence-corrected chi connectivity index (χ1v) is 7.69. The molecule has 1 heterocycles. The summed E-state index contributed by atoms with van der Waals surface area (Å²) in [4.78, 5) is 14.6. The summed E-state index contributed by atoms with van der Waals surface area (Å²) in [6, 6.07) is 0. The highest BCUT2D eigenvalue weighted by atomic mass is 16.2. The van der Waals surface area contributed by atoms with Crippen molar-refractivity contribution in [2.24, 2.45) is 5.92 Å². The van der Waals surface area contributed by atoms with E-state index in [0.29, 0.717) is 5.91 Å². The van der Waals surface area contributed by atoms with E-state index in [2.05, 4.69) is 31.0 Å². The van der Waals surface area contributed by atoms with Crippen molar-refractivity contribution in [3.8, 4) is 0 Å². The Morgan fingerprint density at radius 3 is 2.61 bits per heavy atom. The second-order valence-electron chi connectivity index (χ2n) is 6.22. The predicted octanol–water partition coefficient (Wildman–Crippen LogP) is 2.90. The van der Waals surface area contributed by atoms with Gasteiger partial charge in [-0.25, -0.2) is 0 Å². The molecule has 0 spiro atoms. The Labute approximate surface area is 111 Å². The van der Waals surface area contributed by atoms with E-state index in [1.165, 1.54) is 25.7 Å². The fourth-order valence-corrected chi connectivity index (χ4v) is 2.93. The van der Waals surface area contributed by atoms with Crippen LogP contribution in [0.3, 0.4) is 0 Å². The molecule has 104 valence electrons. The molecular formula is C15H28N2O. The summed E-state index contributed by atoms with van der Waals surface area (Å²) in [5, 5.41) is 3.55. The average Bonchev–Trinajstić information content (AvgIpc) is 3.13. The van der Waals surface area contributed by atoms with Crippen LogP contribution in [0.2, 0.25) is 0 Å². The van der Waals surface area contributed by atoms with E-state index in [1.807, 2.05) is 0 Å². The van der Waals surface area contributed by atoms with E-state index < -0.39 is 0 Å². The molecular weight excluding hydrogens is 224 g/mol. The molecule has 1 saturated carbocycles. The third-order valence-corrected chi connectivity index (χ3v) is 4.57. The van der Waals surface area contributed by atoms with Gasteiger partial charge in [0.15, 0.2) is 0 Å². The van der Waals surface area contributed by atoms with Crippen LogP contribution in [0.25, 0.3) is 0 Å².